The predicted molar refractivity (Wildman–Crippen MR) is 97.4 cm³/mol. The van der Waals surface area contributed by atoms with E-state index in [9.17, 15) is 4.79 Å². The number of carbonyl (C=O) groups excluding carboxylic acids is 1. The summed E-state index contributed by atoms with van der Waals surface area (Å²) in [5, 5.41) is 12.9. The van der Waals surface area contributed by atoms with Crippen LogP contribution in [0.3, 0.4) is 0 Å². The summed E-state index contributed by atoms with van der Waals surface area (Å²) in [5.74, 6) is 0.734. The first-order valence-electron chi connectivity index (χ1n) is 7.64. The maximum absolute atomic E-state index is 12.2. The molecule has 0 aliphatic heterocycles. The Bertz CT molecular complexity index is 994. The highest BCUT2D eigenvalue weighted by atomic mass is 32.1. The number of rotatable bonds is 4. The Kier molecular flexibility index (Phi) is 4.10. The van der Waals surface area contributed by atoms with E-state index >= 15 is 0 Å². The van der Waals surface area contributed by atoms with Gasteiger partial charge in [-0.05, 0) is 41.8 Å². The van der Waals surface area contributed by atoms with Gasteiger partial charge in [-0.25, -0.2) is 0 Å². The molecular formula is C19H13N3O2S. The zero-order valence-electron chi connectivity index (χ0n) is 13.0. The molecule has 0 spiro atoms. The molecule has 0 atom stereocenters. The highest BCUT2D eigenvalue weighted by Crippen LogP contribution is 2.25. The molecule has 1 amide bonds. The Morgan fingerprint density at radius 2 is 1.64 bits per heavy atom. The van der Waals surface area contributed by atoms with Gasteiger partial charge in [0.2, 0.25) is 11.8 Å². The van der Waals surface area contributed by atoms with Crippen molar-refractivity contribution in [2.45, 2.75) is 0 Å². The lowest BCUT2D eigenvalue weighted by atomic mass is 10.2. The van der Waals surface area contributed by atoms with Gasteiger partial charge in [0.05, 0.1) is 4.88 Å². The van der Waals surface area contributed by atoms with Gasteiger partial charge in [0.25, 0.3) is 5.91 Å². The third-order valence-corrected chi connectivity index (χ3v) is 4.43. The number of aromatic nitrogens is 2. The number of anilines is 1. The number of benzene rings is 2. The maximum Gasteiger partial charge on any atom is 0.265 e. The second kappa shape index (κ2) is 6.70. The highest BCUT2D eigenvalue weighted by Gasteiger charge is 2.12. The number of thiophene rings is 1. The van der Waals surface area contributed by atoms with Crippen LogP contribution in [-0.4, -0.2) is 16.1 Å². The van der Waals surface area contributed by atoms with Crippen LogP contribution in [0.5, 0.6) is 0 Å². The minimum Gasteiger partial charge on any atom is -0.416 e. The summed E-state index contributed by atoms with van der Waals surface area (Å²) >= 11 is 1.40. The number of nitrogens with zero attached hydrogens (tertiary/aromatic N) is 2. The number of hydrogen-bond donors (Lipinski definition) is 1. The van der Waals surface area contributed by atoms with Crippen molar-refractivity contribution in [3.8, 4) is 22.9 Å². The molecule has 0 aliphatic carbocycles. The van der Waals surface area contributed by atoms with Crippen molar-refractivity contribution in [3.05, 3.63) is 77.0 Å². The van der Waals surface area contributed by atoms with E-state index in [1.54, 1.807) is 6.07 Å². The largest absolute Gasteiger partial charge is 0.416 e. The van der Waals surface area contributed by atoms with Crippen LogP contribution in [0, 0.1) is 0 Å². The van der Waals surface area contributed by atoms with E-state index in [-0.39, 0.29) is 5.91 Å². The molecule has 0 bridgehead atoms. The molecule has 0 fully saturated rings. The van der Waals surface area contributed by atoms with Crippen LogP contribution in [0.25, 0.3) is 22.9 Å². The molecule has 25 heavy (non-hydrogen) atoms. The number of carbonyl (C=O) groups is 1. The van der Waals surface area contributed by atoms with E-state index in [0.717, 1.165) is 11.1 Å². The molecule has 0 saturated heterocycles. The summed E-state index contributed by atoms with van der Waals surface area (Å²) in [6.45, 7) is 0. The van der Waals surface area contributed by atoms with Gasteiger partial charge in [0.1, 0.15) is 0 Å². The van der Waals surface area contributed by atoms with Gasteiger partial charge in [-0.15, -0.1) is 21.5 Å². The van der Waals surface area contributed by atoms with E-state index in [4.69, 9.17) is 4.42 Å². The molecule has 1 N–H and O–H groups in total. The van der Waals surface area contributed by atoms with Gasteiger partial charge in [0.15, 0.2) is 0 Å². The summed E-state index contributed by atoms with van der Waals surface area (Å²) in [6, 6.07) is 20.6. The topological polar surface area (TPSA) is 68.0 Å². The molecule has 5 nitrogen and oxygen atoms in total. The molecule has 0 saturated carbocycles. The third kappa shape index (κ3) is 3.34. The standard InChI is InChI=1S/C19H13N3O2S/c23-17(16-10-5-11-25-16)20-15-9-4-8-14(12-15)19-22-21-18(24-19)13-6-2-1-3-7-13/h1-12H,(H,20,23). The maximum atomic E-state index is 12.2. The fourth-order valence-electron chi connectivity index (χ4n) is 2.37. The summed E-state index contributed by atoms with van der Waals surface area (Å²) < 4.78 is 5.76. The Morgan fingerprint density at radius 1 is 0.880 bits per heavy atom. The zero-order valence-corrected chi connectivity index (χ0v) is 13.9. The van der Waals surface area contributed by atoms with Crippen molar-refractivity contribution in [1.29, 1.82) is 0 Å². The van der Waals surface area contributed by atoms with Crippen molar-refractivity contribution >= 4 is 22.9 Å². The van der Waals surface area contributed by atoms with Crippen LogP contribution in [0.15, 0.2) is 76.5 Å². The molecular weight excluding hydrogens is 334 g/mol. The van der Waals surface area contributed by atoms with E-state index < -0.39 is 0 Å². The van der Waals surface area contributed by atoms with Crippen LogP contribution in [0.2, 0.25) is 0 Å². The average molecular weight is 347 g/mol. The van der Waals surface area contributed by atoms with Gasteiger partial charge in [-0.3, -0.25) is 4.79 Å². The van der Waals surface area contributed by atoms with Crippen LogP contribution in [0.4, 0.5) is 5.69 Å². The van der Waals surface area contributed by atoms with Crippen molar-refractivity contribution < 1.29 is 9.21 Å². The van der Waals surface area contributed by atoms with Gasteiger partial charge in [-0.1, -0.05) is 30.3 Å². The summed E-state index contributed by atoms with van der Waals surface area (Å²) in [4.78, 5) is 12.8. The molecule has 122 valence electrons. The molecule has 2 aromatic heterocycles. The summed E-state index contributed by atoms with van der Waals surface area (Å²) in [6.07, 6.45) is 0. The van der Waals surface area contributed by atoms with Gasteiger partial charge < -0.3 is 9.73 Å². The molecule has 6 heteroatoms. The highest BCUT2D eigenvalue weighted by molar-refractivity contribution is 7.12. The van der Waals surface area contributed by atoms with Crippen LogP contribution in [0.1, 0.15) is 9.67 Å². The molecule has 4 aromatic rings. The smallest absolute Gasteiger partial charge is 0.265 e. The molecule has 2 heterocycles. The van der Waals surface area contributed by atoms with E-state index in [0.29, 0.717) is 22.3 Å². The van der Waals surface area contributed by atoms with Crippen molar-refractivity contribution in [1.82, 2.24) is 10.2 Å². The number of amides is 1. The average Bonchev–Trinajstić information content (AvgIpc) is 3.35. The van der Waals surface area contributed by atoms with Gasteiger partial charge in [0, 0.05) is 16.8 Å². The van der Waals surface area contributed by atoms with Crippen molar-refractivity contribution in [3.63, 3.8) is 0 Å². The number of nitrogens with one attached hydrogen (secondary N) is 1. The monoisotopic (exact) mass is 347 g/mol. The Hall–Kier alpha value is -3.25. The Morgan fingerprint density at radius 3 is 2.40 bits per heavy atom. The minimum atomic E-state index is -0.136. The first kappa shape index (κ1) is 15.3. The second-order valence-corrected chi connectivity index (χ2v) is 6.24. The molecule has 0 aliphatic rings. The molecule has 2 aromatic carbocycles. The third-order valence-electron chi connectivity index (χ3n) is 3.56. The van der Waals surface area contributed by atoms with Gasteiger partial charge in [-0.2, -0.15) is 0 Å². The first-order chi connectivity index (χ1) is 12.3. The fraction of sp³-hybridized carbons (Fsp3) is 0. The summed E-state index contributed by atoms with van der Waals surface area (Å²) in [5.41, 5.74) is 2.29. The van der Waals surface area contributed by atoms with E-state index in [2.05, 4.69) is 15.5 Å². The Labute approximate surface area is 148 Å². The predicted octanol–water partition coefficient (Wildman–Crippen LogP) is 4.72. The molecule has 0 radical (unpaired) electrons. The first-order valence-corrected chi connectivity index (χ1v) is 8.52. The minimum absolute atomic E-state index is 0.136. The van der Waals surface area contributed by atoms with E-state index in [1.807, 2.05) is 66.0 Å². The van der Waals surface area contributed by atoms with Crippen LogP contribution >= 0.6 is 11.3 Å². The summed E-state index contributed by atoms with van der Waals surface area (Å²) in [7, 11) is 0. The van der Waals surface area contributed by atoms with Crippen LogP contribution < -0.4 is 5.32 Å². The fourth-order valence-corrected chi connectivity index (χ4v) is 2.99. The molecule has 0 unspecified atom stereocenters. The van der Waals surface area contributed by atoms with E-state index in [1.165, 1.54) is 11.3 Å². The van der Waals surface area contributed by atoms with Crippen molar-refractivity contribution in [2.75, 3.05) is 5.32 Å². The van der Waals surface area contributed by atoms with Crippen LogP contribution in [-0.2, 0) is 0 Å². The zero-order chi connectivity index (χ0) is 17.1. The molecule has 4 rings (SSSR count). The van der Waals surface area contributed by atoms with Gasteiger partial charge >= 0.3 is 0 Å². The lowest BCUT2D eigenvalue weighted by Crippen LogP contribution is -2.09. The quantitative estimate of drug-likeness (QED) is 0.580. The lowest BCUT2D eigenvalue weighted by Gasteiger charge is -2.04. The second-order valence-electron chi connectivity index (χ2n) is 5.29. The lowest BCUT2D eigenvalue weighted by molar-refractivity contribution is 0.103. The van der Waals surface area contributed by atoms with Crippen molar-refractivity contribution in [2.24, 2.45) is 0 Å². The Balaban J connectivity index is 1.58. The number of hydrogen-bond acceptors (Lipinski definition) is 5. The SMILES string of the molecule is O=C(Nc1cccc(-c2nnc(-c3ccccc3)o2)c1)c1cccs1. The normalized spacial score (nSPS) is 10.6.